The molecule has 0 radical (unpaired) electrons. The summed E-state index contributed by atoms with van der Waals surface area (Å²) in [4.78, 5) is 19.8. The quantitative estimate of drug-likeness (QED) is 0.385. The summed E-state index contributed by atoms with van der Waals surface area (Å²) in [5, 5.41) is 6.18. The number of sulfone groups is 1. The lowest BCUT2D eigenvalue weighted by Gasteiger charge is -2.32. The first kappa shape index (κ1) is 29.6. The van der Waals surface area contributed by atoms with Crippen LogP contribution in [0.15, 0.2) is 17.3 Å². The number of hydrogen-bond donors (Lipinski definition) is 2. The summed E-state index contributed by atoms with van der Waals surface area (Å²) in [6.07, 6.45) is 4.31. The van der Waals surface area contributed by atoms with Gasteiger partial charge in [0.25, 0.3) is 5.91 Å². The van der Waals surface area contributed by atoms with Crippen molar-refractivity contribution in [3.05, 3.63) is 34.6 Å². The Bertz CT molecular complexity index is 1310. The maximum atomic E-state index is 13.6. The highest BCUT2D eigenvalue weighted by Crippen LogP contribution is 2.40. The average molecular weight is 560 g/mol. The third-order valence-electron chi connectivity index (χ3n) is 7.96. The first-order valence-electron chi connectivity index (χ1n) is 14.1. The molecule has 9 nitrogen and oxygen atoms in total. The molecule has 1 saturated carbocycles. The van der Waals surface area contributed by atoms with Crippen LogP contribution in [0.5, 0.6) is 5.75 Å². The molecule has 4 rings (SSSR count). The second-order valence-electron chi connectivity index (χ2n) is 12.0. The van der Waals surface area contributed by atoms with E-state index in [2.05, 4.69) is 28.6 Å². The van der Waals surface area contributed by atoms with Gasteiger partial charge >= 0.3 is 0 Å². The zero-order valence-corrected chi connectivity index (χ0v) is 25.4. The standard InChI is InChI=1S/C29H45N5O4S/c1-19(12-13-31-15-14-30-5)16-21-17-24-20(18-25(21)38-7)8-11-23-26(27(35)33(6)29(2,3)4)32-28(34(23)24)39(36,37)22-9-10-22/h17-19,22,30-31H,8-16H2,1-7H3. The van der Waals surface area contributed by atoms with Crippen LogP contribution in [0.2, 0.25) is 0 Å². The minimum atomic E-state index is -3.66. The van der Waals surface area contributed by atoms with Crippen molar-refractivity contribution in [1.82, 2.24) is 25.1 Å². The van der Waals surface area contributed by atoms with Crippen molar-refractivity contribution in [3.8, 4) is 11.4 Å². The van der Waals surface area contributed by atoms with E-state index in [9.17, 15) is 13.2 Å². The molecule has 39 heavy (non-hydrogen) atoms. The lowest BCUT2D eigenvalue weighted by molar-refractivity contribution is 0.0648. The number of benzene rings is 1. The van der Waals surface area contributed by atoms with Gasteiger partial charge in [-0.1, -0.05) is 6.92 Å². The van der Waals surface area contributed by atoms with Crippen molar-refractivity contribution in [2.75, 3.05) is 40.8 Å². The topological polar surface area (TPSA) is 106 Å². The largest absolute Gasteiger partial charge is 0.496 e. The van der Waals surface area contributed by atoms with E-state index in [-0.39, 0.29) is 16.8 Å². The minimum Gasteiger partial charge on any atom is -0.496 e. The molecular formula is C29H45N5O4S. The molecule has 10 heteroatoms. The molecule has 2 aromatic rings. The van der Waals surface area contributed by atoms with E-state index >= 15 is 0 Å². The van der Waals surface area contributed by atoms with Crippen molar-refractivity contribution in [2.45, 2.75) is 82.2 Å². The van der Waals surface area contributed by atoms with Crippen LogP contribution in [-0.4, -0.2) is 80.4 Å². The lowest BCUT2D eigenvalue weighted by Crippen LogP contribution is -2.43. The summed E-state index contributed by atoms with van der Waals surface area (Å²) in [7, 11) is 1.72. The van der Waals surface area contributed by atoms with Crippen molar-refractivity contribution in [3.63, 3.8) is 0 Å². The Hall–Kier alpha value is -2.43. The van der Waals surface area contributed by atoms with Gasteiger partial charge in [-0.05, 0) is 102 Å². The highest BCUT2D eigenvalue weighted by molar-refractivity contribution is 7.92. The van der Waals surface area contributed by atoms with Gasteiger partial charge in [0.15, 0.2) is 5.69 Å². The average Bonchev–Trinajstić information content (AvgIpc) is 3.67. The number of nitrogens with one attached hydrogen (secondary N) is 2. The second-order valence-corrected chi connectivity index (χ2v) is 14.2. The molecule has 0 bridgehead atoms. The number of amides is 1. The number of methoxy groups -OCH3 is 1. The monoisotopic (exact) mass is 559 g/mol. The number of likely N-dealkylation sites (N-methyl/N-ethyl adjacent to an activating group) is 1. The van der Waals surface area contributed by atoms with Crippen LogP contribution in [0.3, 0.4) is 0 Å². The van der Waals surface area contributed by atoms with Gasteiger partial charge in [0, 0.05) is 25.7 Å². The number of aromatic nitrogens is 2. The smallest absolute Gasteiger partial charge is 0.274 e. The van der Waals surface area contributed by atoms with Crippen LogP contribution >= 0.6 is 0 Å². The number of ether oxygens (including phenoxy) is 1. The van der Waals surface area contributed by atoms with Gasteiger partial charge in [0.1, 0.15) is 5.75 Å². The highest BCUT2D eigenvalue weighted by Gasteiger charge is 2.43. The first-order valence-corrected chi connectivity index (χ1v) is 15.6. The van der Waals surface area contributed by atoms with Gasteiger partial charge in [-0.2, -0.15) is 0 Å². The van der Waals surface area contributed by atoms with Crippen molar-refractivity contribution < 1.29 is 17.9 Å². The molecule has 1 atom stereocenters. The number of aryl methyl sites for hydroxylation is 1. The van der Waals surface area contributed by atoms with Gasteiger partial charge < -0.3 is 20.3 Å². The molecule has 1 aromatic heterocycles. The Morgan fingerprint density at radius 2 is 1.92 bits per heavy atom. The summed E-state index contributed by atoms with van der Waals surface area (Å²) in [6.45, 7) is 10.9. The molecule has 2 aliphatic rings. The molecule has 1 fully saturated rings. The Labute approximate surface area is 233 Å². The van der Waals surface area contributed by atoms with E-state index in [4.69, 9.17) is 4.74 Å². The third-order valence-corrected chi connectivity index (χ3v) is 10.1. The predicted octanol–water partition coefficient (Wildman–Crippen LogP) is 3.16. The van der Waals surface area contributed by atoms with Crippen LogP contribution in [-0.2, 0) is 29.1 Å². The first-order chi connectivity index (χ1) is 18.4. The Morgan fingerprint density at radius 1 is 1.21 bits per heavy atom. The zero-order chi connectivity index (χ0) is 28.5. The van der Waals surface area contributed by atoms with Gasteiger partial charge in [-0.3, -0.25) is 9.36 Å². The fourth-order valence-corrected chi connectivity index (χ4v) is 6.83. The summed E-state index contributed by atoms with van der Waals surface area (Å²) < 4.78 is 34.8. The van der Waals surface area contributed by atoms with Crippen molar-refractivity contribution in [1.29, 1.82) is 0 Å². The number of fused-ring (bicyclic) bond motifs is 3. The fraction of sp³-hybridized carbons (Fsp3) is 0.655. The number of rotatable bonds is 12. The molecular weight excluding hydrogens is 514 g/mol. The van der Waals surface area contributed by atoms with E-state index in [1.54, 1.807) is 23.6 Å². The number of nitrogens with zero attached hydrogens (tertiary/aromatic N) is 3. The molecule has 1 aliphatic carbocycles. The van der Waals surface area contributed by atoms with E-state index in [1.807, 2.05) is 33.9 Å². The van der Waals surface area contributed by atoms with Crippen LogP contribution in [0.25, 0.3) is 5.69 Å². The SMILES string of the molecule is CNCCNCCC(C)Cc1cc2c(cc1OC)CCc1c(C(=O)N(C)C(C)(C)C)nc(S(=O)(=O)C3CC3)n1-2. The summed E-state index contributed by atoms with van der Waals surface area (Å²) >= 11 is 0. The molecule has 1 aliphatic heterocycles. The number of hydrogen-bond acceptors (Lipinski definition) is 7. The number of carbonyl (C=O) groups is 1. The Morgan fingerprint density at radius 3 is 2.54 bits per heavy atom. The number of carbonyl (C=O) groups excluding carboxylic acids is 1. The van der Waals surface area contributed by atoms with E-state index in [0.29, 0.717) is 37.3 Å². The van der Waals surface area contributed by atoms with Crippen LogP contribution in [0.4, 0.5) is 0 Å². The molecule has 2 N–H and O–H groups in total. The van der Waals surface area contributed by atoms with Gasteiger partial charge in [-0.15, -0.1) is 0 Å². The van der Waals surface area contributed by atoms with Gasteiger partial charge in [-0.25, -0.2) is 13.4 Å². The minimum absolute atomic E-state index is 0.00417. The summed E-state index contributed by atoms with van der Waals surface area (Å²) in [5.74, 6) is 0.972. The zero-order valence-electron chi connectivity index (χ0n) is 24.6. The van der Waals surface area contributed by atoms with Crippen LogP contribution in [0.1, 0.15) is 74.3 Å². The second kappa shape index (κ2) is 11.6. The Balaban J connectivity index is 1.75. The van der Waals surface area contributed by atoms with E-state index in [0.717, 1.165) is 55.0 Å². The normalized spacial score (nSPS) is 16.0. The van der Waals surface area contributed by atoms with E-state index in [1.165, 1.54) is 0 Å². The highest BCUT2D eigenvalue weighted by atomic mass is 32.2. The van der Waals surface area contributed by atoms with Crippen LogP contribution < -0.4 is 15.4 Å². The molecule has 216 valence electrons. The molecule has 1 unspecified atom stereocenters. The summed E-state index contributed by atoms with van der Waals surface area (Å²) in [5.41, 5.74) is 3.35. The predicted molar refractivity (Wildman–Crippen MR) is 154 cm³/mol. The molecule has 0 spiro atoms. The van der Waals surface area contributed by atoms with Gasteiger partial charge in [0.2, 0.25) is 15.0 Å². The van der Waals surface area contributed by atoms with Crippen LogP contribution in [0, 0.1) is 5.92 Å². The molecule has 1 amide bonds. The fourth-order valence-electron chi connectivity index (χ4n) is 5.09. The van der Waals surface area contributed by atoms with Gasteiger partial charge in [0.05, 0.1) is 23.7 Å². The maximum absolute atomic E-state index is 13.6. The van der Waals surface area contributed by atoms with Crippen molar-refractivity contribution >= 4 is 15.7 Å². The maximum Gasteiger partial charge on any atom is 0.274 e. The van der Waals surface area contributed by atoms with Crippen molar-refractivity contribution in [2.24, 2.45) is 5.92 Å². The Kier molecular flexibility index (Phi) is 8.78. The molecule has 2 heterocycles. The third kappa shape index (κ3) is 6.18. The summed E-state index contributed by atoms with van der Waals surface area (Å²) in [6, 6.07) is 4.11. The molecule has 1 aromatic carbocycles. The number of imidazole rings is 1. The van der Waals surface area contributed by atoms with E-state index < -0.39 is 20.6 Å². The lowest BCUT2D eigenvalue weighted by atomic mass is 9.92. The molecule has 0 saturated heterocycles.